The number of aliphatic hydroxyl groups is 1. The fraction of sp³-hybridized carbons (Fsp3) is 0.900. The van der Waals surface area contributed by atoms with E-state index in [9.17, 15) is 13.5 Å². The van der Waals surface area contributed by atoms with E-state index in [1.165, 1.54) is 0 Å². The highest BCUT2D eigenvalue weighted by atomic mass is 32.2. The molecule has 1 saturated heterocycles. The quantitative estimate of drug-likeness (QED) is 0.741. The Morgan fingerprint density at radius 1 is 1.50 bits per heavy atom. The maximum absolute atomic E-state index is 11.4. The third kappa shape index (κ3) is 3.17. The lowest BCUT2D eigenvalue weighted by Crippen LogP contribution is -2.47. The normalized spacial score (nSPS) is 28.5. The van der Waals surface area contributed by atoms with Crippen molar-refractivity contribution >= 4 is 9.84 Å². The van der Waals surface area contributed by atoms with Gasteiger partial charge in [0.2, 0.25) is 0 Å². The molecule has 1 N–H and O–H groups in total. The van der Waals surface area contributed by atoms with Crippen LogP contribution in [0.5, 0.6) is 0 Å². The molecule has 0 amide bonds. The summed E-state index contributed by atoms with van der Waals surface area (Å²) in [5.74, 6) is -0.161. The molecule has 1 fully saturated rings. The Bertz CT molecular complexity index is 372. The molecule has 2 atom stereocenters. The van der Waals surface area contributed by atoms with Crippen LogP contribution in [0.25, 0.3) is 0 Å². The van der Waals surface area contributed by atoms with Gasteiger partial charge in [-0.05, 0) is 13.8 Å². The predicted molar refractivity (Wildman–Crippen MR) is 60.5 cm³/mol. The molecule has 0 aromatic rings. The molecule has 0 aromatic carbocycles. The van der Waals surface area contributed by atoms with E-state index in [0.29, 0.717) is 13.0 Å². The van der Waals surface area contributed by atoms with Gasteiger partial charge >= 0.3 is 0 Å². The monoisotopic (exact) mass is 246 g/mol. The lowest BCUT2D eigenvalue weighted by Gasteiger charge is -2.32. The minimum absolute atomic E-state index is 0.00221. The fourth-order valence-corrected chi connectivity index (χ4v) is 3.93. The molecule has 1 rings (SSSR count). The Morgan fingerprint density at radius 2 is 2.12 bits per heavy atom. The zero-order valence-electron chi connectivity index (χ0n) is 9.63. The van der Waals surface area contributed by atoms with Gasteiger partial charge in [-0.2, -0.15) is 5.26 Å². The molecule has 0 aromatic heterocycles. The van der Waals surface area contributed by atoms with Crippen LogP contribution >= 0.6 is 0 Å². The van der Waals surface area contributed by atoms with Crippen molar-refractivity contribution in [3.05, 3.63) is 0 Å². The zero-order chi connectivity index (χ0) is 12.3. The highest BCUT2D eigenvalue weighted by Crippen LogP contribution is 2.20. The van der Waals surface area contributed by atoms with E-state index in [1.54, 1.807) is 0 Å². The van der Waals surface area contributed by atoms with Crippen LogP contribution in [-0.4, -0.2) is 54.7 Å². The van der Waals surface area contributed by atoms with Gasteiger partial charge in [0.25, 0.3) is 0 Å². The van der Waals surface area contributed by atoms with E-state index in [4.69, 9.17) is 5.26 Å². The Hall–Kier alpha value is -0.640. The first-order valence-corrected chi connectivity index (χ1v) is 7.20. The predicted octanol–water partition coefficient (Wildman–Crippen LogP) is -0.232. The van der Waals surface area contributed by atoms with Crippen LogP contribution in [0.1, 0.15) is 20.3 Å². The summed E-state index contributed by atoms with van der Waals surface area (Å²) in [5, 5.41) is 18.3. The largest absolute Gasteiger partial charge is 0.390 e. The van der Waals surface area contributed by atoms with Crippen LogP contribution in [0.15, 0.2) is 0 Å². The first-order chi connectivity index (χ1) is 7.37. The van der Waals surface area contributed by atoms with Crippen molar-refractivity contribution in [2.75, 3.05) is 18.1 Å². The molecule has 6 heteroatoms. The molecule has 1 aliphatic rings. The van der Waals surface area contributed by atoms with Crippen molar-refractivity contribution in [3.63, 3.8) is 0 Å². The fourth-order valence-electron chi connectivity index (χ4n) is 2.11. The SMILES string of the molecule is CC(C)N(CCC#N)C1CS(=O)(=O)CC1O. The van der Waals surface area contributed by atoms with Crippen molar-refractivity contribution < 1.29 is 13.5 Å². The maximum atomic E-state index is 11.4. The molecule has 0 saturated carbocycles. The van der Waals surface area contributed by atoms with E-state index >= 15 is 0 Å². The second kappa shape index (κ2) is 5.13. The number of rotatable bonds is 4. The van der Waals surface area contributed by atoms with Gasteiger partial charge in [-0.3, -0.25) is 4.90 Å². The van der Waals surface area contributed by atoms with Crippen LogP contribution in [0.2, 0.25) is 0 Å². The van der Waals surface area contributed by atoms with Gasteiger partial charge in [0.1, 0.15) is 0 Å². The summed E-state index contributed by atoms with van der Waals surface area (Å²) in [7, 11) is -3.12. The molecule has 0 spiro atoms. The van der Waals surface area contributed by atoms with Crippen LogP contribution in [0.4, 0.5) is 0 Å². The smallest absolute Gasteiger partial charge is 0.154 e. The number of hydrogen-bond acceptors (Lipinski definition) is 5. The Labute approximate surface area is 96.6 Å². The lowest BCUT2D eigenvalue weighted by atomic mass is 10.1. The molecule has 2 unspecified atom stereocenters. The van der Waals surface area contributed by atoms with Crippen molar-refractivity contribution in [2.45, 2.75) is 38.5 Å². The molecular formula is C10H18N2O3S. The second-order valence-electron chi connectivity index (χ2n) is 4.45. The van der Waals surface area contributed by atoms with Crippen LogP contribution in [0.3, 0.4) is 0 Å². The first-order valence-electron chi connectivity index (χ1n) is 5.38. The molecule has 0 aliphatic carbocycles. The second-order valence-corrected chi connectivity index (χ2v) is 6.61. The van der Waals surface area contributed by atoms with Crippen molar-refractivity contribution in [1.29, 1.82) is 5.26 Å². The van der Waals surface area contributed by atoms with Crippen LogP contribution in [0, 0.1) is 11.3 Å². The van der Waals surface area contributed by atoms with Crippen molar-refractivity contribution in [3.8, 4) is 6.07 Å². The number of sulfone groups is 1. The van der Waals surface area contributed by atoms with Crippen LogP contribution < -0.4 is 0 Å². The standard InChI is InChI=1S/C10H18N2O3S/c1-8(2)12(5-3-4-11)9-6-16(14,15)7-10(9)13/h8-10,13H,3,5-7H2,1-2H3. The third-order valence-electron chi connectivity index (χ3n) is 2.86. The van der Waals surface area contributed by atoms with E-state index in [-0.39, 0.29) is 23.6 Å². The van der Waals surface area contributed by atoms with Crippen molar-refractivity contribution in [2.24, 2.45) is 0 Å². The molecule has 0 bridgehead atoms. The third-order valence-corrected chi connectivity index (χ3v) is 4.56. The van der Waals surface area contributed by atoms with Crippen LogP contribution in [-0.2, 0) is 9.84 Å². The van der Waals surface area contributed by atoms with Gasteiger partial charge in [0.05, 0.1) is 29.7 Å². The van der Waals surface area contributed by atoms with E-state index in [0.717, 1.165) is 0 Å². The average Bonchev–Trinajstić information content (AvgIpc) is 2.40. The van der Waals surface area contributed by atoms with Gasteiger partial charge in [0, 0.05) is 19.0 Å². The maximum Gasteiger partial charge on any atom is 0.154 e. The topological polar surface area (TPSA) is 81.4 Å². The Morgan fingerprint density at radius 3 is 2.50 bits per heavy atom. The van der Waals surface area contributed by atoms with Gasteiger partial charge in [-0.15, -0.1) is 0 Å². The summed E-state index contributed by atoms with van der Waals surface area (Å²) >= 11 is 0. The highest BCUT2D eigenvalue weighted by Gasteiger charge is 2.40. The molecule has 92 valence electrons. The first kappa shape index (κ1) is 13.4. The van der Waals surface area contributed by atoms with E-state index in [1.807, 2.05) is 24.8 Å². The summed E-state index contributed by atoms with van der Waals surface area (Å²) < 4.78 is 22.8. The molecule has 5 nitrogen and oxygen atoms in total. The Kier molecular flexibility index (Phi) is 4.30. The van der Waals surface area contributed by atoms with Gasteiger partial charge in [-0.25, -0.2) is 8.42 Å². The Balaban J connectivity index is 2.76. The number of nitriles is 1. The van der Waals surface area contributed by atoms with E-state index < -0.39 is 15.9 Å². The van der Waals surface area contributed by atoms with Gasteiger partial charge in [-0.1, -0.05) is 0 Å². The number of hydrogen-bond donors (Lipinski definition) is 1. The zero-order valence-corrected chi connectivity index (χ0v) is 10.4. The van der Waals surface area contributed by atoms with E-state index in [2.05, 4.69) is 0 Å². The number of nitrogens with zero attached hydrogens (tertiary/aromatic N) is 2. The molecule has 1 heterocycles. The van der Waals surface area contributed by atoms with Gasteiger partial charge in [0.15, 0.2) is 9.84 Å². The average molecular weight is 246 g/mol. The molecule has 16 heavy (non-hydrogen) atoms. The lowest BCUT2D eigenvalue weighted by molar-refractivity contribution is 0.0648. The minimum Gasteiger partial charge on any atom is -0.390 e. The number of aliphatic hydroxyl groups excluding tert-OH is 1. The molecule has 0 radical (unpaired) electrons. The molecular weight excluding hydrogens is 228 g/mol. The summed E-state index contributed by atoms with van der Waals surface area (Å²) in [5.41, 5.74) is 0. The molecule has 1 aliphatic heterocycles. The van der Waals surface area contributed by atoms with Gasteiger partial charge < -0.3 is 5.11 Å². The highest BCUT2D eigenvalue weighted by molar-refractivity contribution is 7.91. The summed E-state index contributed by atoms with van der Waals surface area (Å²) in [4.78, 5) is 1.90. The summed E-state index contributed by atoms with van der Waals surface area (Å²) in [6.45, 7) is 4.38. The summed E-state index contributed by atoms with van der Waals surface area (Å²) in [6, 6.07) is 1.80. The van der Waals surface area contributed by atoms with Crippen molar-refractivity contribution in [1.82, 2.24) is 4.90 Å². The minimum atomic E-state index is -3.12. The summed E-state index contributed by atoms with van der Waals surface area (Å²) in [6.07, 6.45) is -0.479.